The van der Waals surface area contributed by atoms with Crippen LogP contribution in [0.1, 0.15) is 39.1 Å². The summed E-state index contributed by atoms with van der Waals surface area (Å²) in [6, 6.07) is 0. The highest BCUT2D eigenvalue weighted by Gasteiger charge is 2.17. The Morgan fingerprint density at radius 2 is 2.12 bits per heavy atom. The zero-order chi connectivity index (χ0) is 12.3. The van der Waals surface area contributed by atoms with Gasteiger partial charge in [0.05, 0.1) is 11.9 Å². The molecule has 2 N–H and O–H groups in total. The van der Waals surface area contributed by atoms with Crippen molar-refractivity contribution in [3.8, 4) is 0 Å². The zero-order valence-electron chi connectivity index (χ0n) is 10.1. The number of hydrogen-bond acceptors (Lipinski definition) is 4. The number of hydrogen-bond donors (Lipinski definition) is 1. The fourth-order valence-electron chi connectivity index (χ4n) is 1.13. The number of thioether (sulfide) groups is 1. The smallest absolute Gasteiger partial charge is 0.124 e. The van der Waals surface area contributed by atoms with Crippen LogP contribution in [0.25, 0.3) is 0 Å². The molecule has 0 spiro atoms. The quantitative estimate of drug-likeness (QED) is 0.664. The van der Waals surface area contributed by atoms with E-state index in [9.17, 15) is 0 Å². The van der Waals surface area contributed by atoms with E-state index in [4.69, 9.17) is 18.0 Å². The first-order chi connectivity index (χ1) is 7.33. The predicted octanol–water partition coefficient (Wildman–Crippen LogP) is 2.56. The zero-order valence-corrected chi connectivity index (χ0v) is 11.7. The summed E-state index contributed by atoms with van der Waals surface area (Å²) in [5.41, 5.74) is 7.15. The van der Waals surface area contributed by atoms with Gasteiger partial charge in [-0.05, 0) is 6.42 Å². The molecule has 1 rings (SSSR count). The summed E-state index contributed by atoms with van der Waals surface area (Å²) in [5, 5.41) is 0.931. The molecule has 0 fully saturated rings. The second kappa shape index (κ2) is 5.10. The Labute approximate surface area is 106 Å². The third-order valence-corrected chi connectivity index (χ3v) is 3.14. The van der Waals surface area contributed by atoms with Gasteiger partial charge in [-0.25, -0.2) is 4.98 Å². The Hall–Kier alpha value is -0.680. The molecule has 0 aliphatic heterocycles. The highest BCUT2D eigenvalue weighted by molar-refractivity contribution is 8.00. The molecular formula is C11H17N3S2. The summed E-state index contributed by atoms with van der Waals surface area (Å²) in [7, 11) is 0. The van der Waals surface area contributed by atoms with Gasteiger partial charge in [-0.15, -0.1) is 0 Å². The second-order valence-corrected chi connectivity index (χ2v) is 6.69. The van der Waals surface area contributed by atoms with Crippen molar-refractivity contribution in [3.63, 3.8) is 0 Å². The van der Waals surface area contributed by atoms with E-state index >= 15 is 0 Å². The van der Waals surface area contributed by atoms with Crippen LogP contribution in [0.5, 0.6) is 0 Å². The van der Waals surface area contributed by atoms with E-state index in [0.29, 0.717) is 10.7 Å². The van der Waals surface area contributed by atoms with Crippen LogP contribution >= 0.6 is 24.0 Å². The molecule has 16 heavy (non-hydrogen) atoms. The van der Waals surface area contributed by atoms with Gasteiger partial charge in [0.1, 0.15) is 15.7 Å². The van der Waals surface area contributed by atoms with E-state index in [1.54, 1.807) is 18.0 Å². The normalized spacial score (nSPS) is 11.5. The van der Waals surface area contributed by atoms with Gasteiger partial charge in [0, 0.05) is 4.75 Å². The van der Waals surface area contributed by atoms with Gasteiger partial charge in [-0.3, -0.25) is 4.98 Å². The summed E-state index contributed by atoms with van der Waals surface area (Å²) in [5.74, 6) is 0. The average molecular weight is 255 g/mol. The fraction of sp³-hybridized carbons (Fsp3) is 0.545. The van der Waals surface area contributed by atoms with Crippen molar-refractivity contribution in [2.24, 2.45) is 5.73 Å². The molecule has 0 atom stereocenters. The predicted molar refractivity (Wildman–Crippen MR) is 72.9 cm³/mol. The van der Waals surface area contributed by atoms with E-state index in [1.807, 2.05) is 0 Å². The van der Waals surface area contributed by atoms with E-state index < -0.39 is 0 Å². The highest BCUT2D eigenvalue weighted by Crippen LogP contribution is 2.32. The lowest BCUT2D eigenvalue weighted by Gasteiger charge is -2.18. The maximum Gasteiger partial charge on any atom is 0.124 e. The van der Waals surface area contributed by atoms with Crippen molar-refractivity contribution in [3.05, 3.63) is 17.6 Å². The summed E-state index contributed by atoms with van der Waals surface area (Å²) in [6.45, 7) is 8.50. The van der Waals surface area contributed by atoms with Gasteiger partial charge in [-0.2, -0.15) is 0 Å². The summed E-state index contributed by atoms with van der Waals surface area (Å²) >= 11 is 6.60. The van der Waals surface area contributed by atoms with Gasteiger partial charge >= 0.3 is 0 Å². The highest BCUT2D eigenvalue weighted by atomic mass is 32.2. The largest absolute Gasteiger partial charge is 0.388 e. The van der Waals surface area contributed by atoms with E-state index in [0.717, 1.165) is 17.1 Å². The van der Waals surface area contributed by atoms with Crippen LogP contribution in [0.15, 0.2) is 11.2 Å². The molecular weight excluding hydrogens is 238 g/mol. The molecule has 5 heteroatoms. The number of nitrogens with zero attached hydrogens (tertiary/aromatic N) is 2. The van der Waals surface area contributed by atoms with Gasteiger partial charge in [0.25, 0.3) is 0 Å². The first-order valence-electron chi connectivity index (χ1n) is 5.18. The van der Waals surface area contributed by atoms with Crippen LogP contribution in [0.2, 0.25) is 0 Å². The maximum absolute atomic E-state index is 5.56. The Kier molecular flexibility index (Phi) is 4.27. The lowest BCUT2D eigenvalue weighted by molar-refractivity contribution is 0.791. The molecule has 0 bridgehead atoms. The van der Waals surface area contributed by atoms with Crippen LogP contribution in [-0.2, 0) is 6.42 Å². The second-order valence-electron chi connectivity index (χ2n) is 4.44. The number of nitrogens with two attached hydrogens (primary N) is 1. The molecule has 0 saturated heterocycles. The van der Waals surface area contributed by atoms with E-state index in [2.05, 4.69) is 37.7 Å². The summed E-state index contributed by atoms with van der Waals surface area (Å²) in [6.07, 6.45) is 2.51. The molecule has 1 aromatic heterocycles. The molecule has 0 amide bonds. The molecule has 0 saturated carbocycles. The lowest BCUT2D eigenvalue weighted by atomic mass is 10.3. The van der Waals surface area contributed by atoms with Crippen molar-refractivity contribution in [2.45, 2.75) is 43.9 Å². The molecule has 0 unspecified atom stereocenters. The Morgan fingerprint density at radius 3 is 2.56 bits per heavy atom. The first-order valence-corrected chi connectivity index (χ1v) is 6.40. The minimum absolute atomic E-state index is 0.105. The van der Waals surface area contributed by atoms with Crippen LogP contribution in [0.3, 0.4) is 0 Å². The van der Waals surface area contributed by atoms with Crippen LogP contribution < -0.4 is 5.73 Å². The Morgan fingerprint density at radius 1 is 1.50 bits per heavy atom. The molecule has 1 aromatic rings. The molecule has 1 heterocycles. The first kappa shape index (κ1) is 13.4. The topological polar surface area (TPSA) is 51.8 Å². The minimum Gasteiger partial charge on any atom is -0.388 e. The fourth-order valence-corrected chi connectivity index (χ4v) is 2.27. The van der Waals surface area contributed by atoms with Gasteiger partial charge < -0.3 is 5.73 Å². The molecule has 0 aliphatic carbocycles. The summed E-state index contributed by atoms with van der Waals surface area (Å²) in [4.78, 5) is 9.11. The lowest BCUT2D eigenvalue weighted by Crippen LogP contribution is -2.15. The molecule has 0 aliphatic rings. The third-order valence-electron chi connectivity index (χ3n) is 1.80. The third kappa shape index (κ3) is 3.72. The molecule has 88 valence electrons. The SMILES string of the molecule is CCc1ncc(C(N)=S)nc1SC(C)(C)C. The van der Waals surface area contributed by atoms with Crippen molar-refractivity contribution in [1.29, 1.82) is 0 Å². The van der Waals surface area contributed by atoms with Gasteiger partial charge in [-0.1, -0.05) is 51.7 Å². The Balaban J connectivity index is 3.12. The van der Waals surface area contributed by atoms with Crippen molar-refractivity contribution < 1.29 is 0 Å². The Bertz CT molecular complexity index is 397. The maximum atomic E-state index is 5.56. The molecule has 0 aromatic carbocycles. The van der Waals surface area contributed by atoms with Crippen molar-refractivity contribution in [1.82, 2.24) is 9.97 Å². The minimum atomic E-state index is 0.105. The van der Waals surface area contributed by atoms with Gasteiger partial charge in [0.15, 0.2) is 0 Å². The van der Waals surface area contributed by atoms with Crippen molar-refractivity contribution in [2.75, 3.05) is 0 Å². The van der Waals surface area contributed by atoms with Crippen LogP contribution in [0, 0.1) is 0 Å². The molecule has 3 nitrogen and oxygen atoms in total. The number of aromatic nitrogens is 2. The van der Waals surface area contributed by atoms with E-state index in [1.165, 1.54) is 0 Å². The molecule has 0 radical (unpaired) electrons. The summed E-state index contributed by atoms with van der Waals surface area (Å²) < 4.78 is 0.105. The van der Waals surface area contributed by atoms with Gasteiger partial charge in [0.2, 0.25) is 0 Å². The number of rotatable bonds is 3. The average Bonchev–Trinajstić information content (AvgIpc) is 2.15. The monoisotopic (exact) mass is 255 g/mol. The standard InChI is InChI=1S/C11H17N3S2/c1-5-7-10(16-11(2,3)4)14-8(6-13-7)9(12)15/h6H,5H2,1-4H3,(H2,12,15). The van der Waals surface area contributed by atoms with Crippen LogP contribution in [-0.4, -0.2) is 19.7 Å². The number of aryl methyl sites for hydroxylation is 1. The number of thiocarbonyl (C=S) groups is 1. The van der Waals surface area contributed by atoms with E-state index in [-0.39, 0.29) is 4.75 Å². The van der Waals surface area contributed by atoms with Crippen molar-refractivity contribution >= 4 is 29.0 Å². The van der Waals surface area contributed by atoms with Crippen LogP contribution in [0.4, 0.5) is 0 Å².